The highest BCUT2D eigenvalue weighted by Gasteiger charge is 2.16. The largest absolute Gasteiger partial charge is 0.485 e. The number of rotatable bonds is 4. The van der Waals surface area contributed by atoms with Crippen LogP contribution >= 0.6 is 11.6 Å². The van der Waals surface area contributed by atoms with Gasteiger partial charge in [-0.3, -0.25) is 4.68 Å². The van der Waals surface area contributed by atoms with E-state index in [-0.39, 0.29) is 22.9 Å². The Hall–Kier alpha value is -2.08. The summed E-state index contributed by atoms with van der Waals surface area (Å²) in [5, 5.41) is 13.1. The molecule has 2 rings (SSSR count). The van der Waals surface area contributed by atoms with Crippen molar-refractivity contribution in [2.75, 3.05) is 0 Å². The van der Waals surface area contributed by atoms with E-state index < -0.39 is 5.97 Å². The van der Waals surface area contributed by atoms with E-state index in [4.69, 9.17) is 21.4 Å². The Labute approximate surface area is 108 Å². The molecule has 7 heteroatoms. The smallest absolute Gasteiger partial charge is 0.341 e. The van der Waals surface area contributed by atoms with Crippen LogP contribution < -0.4 is 4.74 Å². The number of aromatic nitrogens is 3. The zero-order chi connectivity index (χ0) is 13.1. The van der Waals surface area contributed by atoms with Crippen LogP contribution in [0, 0.1) is 0 Å². The summed E-state index contributed by atoms with van der Waals surface area (Å²) in [5.41, 5.74) is -0.0543. The number of carbonyl (C=O) groups is 1. The highest BCUT2D eigenvalue weighted by molar-refractivity contribution is 6.33. The van der Waals surface area contributed by atoms with Crippen molar-refractivity contribution in [2.24, 2.45) is 7.05 Å². The number of hydrogen-bond acceptors (Lipinski definition) is 4. The van der Waals surface area contributed by atoms with Gasteiger partial charge in [-0.15, -0.1) is 0 Å². The van der Waals surface area contributed by atoms with Crippen LogP contribution in [0.15, 0.2) is 24.5 Å². The summed E-state index contributed by atoms with van der Waals surface area (Å²) in [4.78, 5) is 15.0. The van der Waals surface area contributed by atoms with E-state index in [1.807, 2.05) is 0 Å². The van der Waals surface area contributed by atoms with Crippen molar-refractivity contribution in [3.8, 4) is 5.75 Å². The Balaban J connectivity index is 2.22. The Morgan fingerprint density at radius 1 is 1.56 bits per heavy atom. The number of hydrogen-bond donors (Lipinski definition) is 1. The Morgan fingerprint density at radius 3 is 2.94 bits per heavy atom. The van der Waals surface area contributed by atoms with Crippen LogP contribution in [0.2, 0.25) is 5.02 Å². The molecule has 1 aromatic heterocycles. The first-order valence-electron chi connectivity index (χ1n) is 5.07. The van der Waals surface area contributed by atoms with Gasteiger partial charge in [-0.2, -0.15) is 5.10 Å². The van der Waals surface area contributed by atoms with Gasteiger partial charge in [0.2, 0.25) is 0 Å². The maximum absolute atomic E-state index is 11.1. The molecule has 1 aromatic carbocycles. The molecule has 18 heavy (non-hydrogen) atoms. The number of benzene rings is 1. The van der Waals surface area contributed by atoms with Gasteiger partial charge >= 0.3 is 5.97 Å². The van der Waals surface area contributed by atoms with Crippen LogP contribution in [0.4, 0.5) is 0 Å². The van der Waals surface area contributed by atoms with Gasteiger partial charge in [0, 0.05) is 7.05 Å². The second-order valence-electron chi connectivity index (χ2n) is 3.51. The molecular formula is C11H10ClN3O3. The zero-order valence-corrected chi connectivity index (χ0v) is 10.3. The molecule has 6 nitrogen and oxygen atoms in total. The first-order valence-corrected chi connectivity index (χ1v) is 5.45. The summed E-state index contributed by atoms with van der Waals surface area (Å²) in [5.74, 6) is -0.335. The molecule has 0 saturated carbocycles. The molecule has 0 aliphatic carbocycles. The van der Waals surface area contributed by atoms with Gasteiger partial charge in [0.25, 0.3) is 0 Å². The topological polar surface area (TPSA) is 77.2 Å². The lowest BCUT2D eigenvalue weighted by molar-refractivity contribution is 0.0692. The van der Waals surface area contributed by atoms with Crippen LogP contribution in [0.1, 0.15) is 16.2 Å². The summed E-state index contributed by atoms with van der Waals surface area (Å²) >= 11 is 5.82. The number of carboxylic acids is 1. The van der Waals surface area contributed by atoms with Crippen molar-refractivity contribution >= 4 is 17.6 Å². The molecule has 0 unspecified atom stereocenters. The lowest BCUT2D eigenvalue weighted by Crippen LogP contribution is -2.07. The van der Waals surface area contributed by atoms with E-state index in [2.05, 4.69) is 10.1 Å². The van der Waals surface area contributed by atoms with E-state index in [0.717, 1.165) is 0 Å². The molecule has 2 aromatic rings. The molecule has 0 atom stereocenters. The molecule has 1 N–H and O–H groups in total. The van der Waals surface area contributed by atoms with Crippen LogP contribution in [0.3, 0.4) is 0 Å². The van der Waals surface area contributed by atoms with Crippen molar-refractivity contribution in [1.82, 2.24) is 14.8 Å². The maximum atomic E-state index is 11.1. The van der Waals surface area contributed by atoms with Gasteiger partial charge in [-0.1, -0.05) is 17.7 Å². The van der Waals surface area contributed by atoms with Gasteiger partial charge in [-0.25, -0.2) is 9.78 Å². The van der Waals surface area contributed by atoms with Crippen LogP contribution in [-0.4, -0.2) is 25.8 Å². The fraction of sp³-hybridized carbons (Fsp3) is 0.182. The third-order valence-electron chi connectivity index (χ3n) is 2.35. The van der Waals surface area contributed by atoms with Gasteiger partial charge in [-0.05, 0) is 12.1 Å². The molecule has 94 valence electrons. The molecule has 0 radical (unpaired) electrons. The predicted molar refractivity (Wildman–Crippen MR) is 63.7 cm³/mol. The monoisotopic (exact) mass is 267 g/mol. The number of aromatic carboxylic acids is 1. The summed E-state index contributed by atoms with van der Waals surface area (Å²) in [6.07, 6.45) is 1.40. The maximum Gasteiger partial charge on any atom is 0.341 e. The molecule has 0 amide bonds. The minimum atomic E-state index is -1.13. The molecule has 0 saturated heterocycles. The van der Waals surface area contributed by atoms with Crippen LogP contribution in [0.25, 0.3) is 0 Å². The first kappa shape index (κ1) is 12.4. The van der Waals surface area contributed by atoms with Crippen molar-refractivity contribution in [2.45, 2.75) is 6.61 Å². The fourth-order valence-corrected chi connectivity index (χ4v) is 1.67. The highest BCUT2D eigenvalue weighted by atomic mass is 35.5. The third-order valence-corrected chi connectivity index (χ3v) is 2.67. The second-order valence-corrected chi connectivity index (χ2v) is 3.91. The molecular weight excluding hydrogens is 258 g/mol. The van der Waals surface area contributed by atoms with Crippen molar-refractivity contribution < 1.29 is 14.6 Å². The lowest BCUT2D eigenvalue weighted by Gasteiger charge is -2.09. The van der Waals surface area contributed by atoms with Gasteiger partial charge in [0.05, 0.1) is 5.02 Å². The molecule has 0 aliphatic rings. The van der Waals surface area contributed by atoms with Gasteiger partial charge in [0.1, 0.15) is 24.2 Å². The zero-order valence-electron chi connectivity index (χ0n) is 9.50. The average Bonchev–Trinajstić information content (AvgIpc) is 2.71. The summed E-state index contributed by atoms with van der Waals surface area (Å²) in [6, 6.07) is 4.67. The number of halogens is 1. The van der Waals surface area contributed by atoms with E-state index in [1.165, 1.54) is 12.4 Å². The Bertz CT molecular complexity index is 583. The number of carboxylic acid groups (broad SMARTS) is 1. The number of nitrogens with zero attached hydrogens (tertiary/aromatic N) is 3. The lowest BCUT2D eigenvalue weighted by atomic mass is 10.2. The quantitative estimate of drug-likeness (QED) is 0.913. The standard InChI is InChI=1S/C11H10ClN3O3/c1-15-9(13-6-14-15)5-18-8-4-2-3-7(12)10(8)11(16)17/h2-4,6H,5H2,1H3,(H,16,17). The third kappa shape index (κ3) is 2.43. The molecule has 0 aliphatic heterocycles. The minimum absolute atomic E-state index is 0.0543. The van der Waals surface area contributed by atoms with Crippen molar-refractivity contribution in [3.05, 3.63) is 40.9 Å². The predicted octanol–water partition coefficient (Wildman–Crippen LogP) is 1.75. The molecule has 0 fully saturated rings. The number of ether oxygens (including phenoxy) is 1. The van der Waals surface area contributed by atoms with Crippen LogP contribution in [0.5, 0.6) is 5.75 Å². The van der Waals surface area contributed by atoms with E-state index in [9.17, 15) is 4.79 Å². The highest BCUT2D eigenvalue weighted by Crippen LogP contribution is 2.26. The minimum Gasteiger partial charge on any atom is -0.485 e. The normalized spacial score (nSPS) is 10.3. The fourth-order valence-electron chi connectivity index (χ4n) is 1.43. The Morgan fingerprint density at radius 2 is 2.33 bits per heavy atom. The number of aryl methyl sites for hydroxylation is 1. The van der Waals surface area contributed by atoms with Gasteiger partial charge in [0.15, 0.2) is 5.82 Å². The SMILES string of the molecule is Cn1ncnc1COc1cccc(Cl)c1C(=O)O. The average molecular weight is 268 g/mol. The first-order chi connectivity index (χ1) is 8.59. The van der Waals surface area contributed by atoms with Crippen molar-refractivity contribution in [3.63, 3.8) is 0 Å². The van der Waals surface area contributed by atoms with E-state index in [0.29, 0.717) is 5.82 Å². The van der Waals surface area contributed by atoms with Crippen LogP contribution in [-0.2, 0) is 13.7 Å². The van der Waals surface area contributed by atoms with E-state index in [1.54, 1.807) is 23.9 Å². The van der Waals surface area contributed by atoms with E-state index >= 15 is 0 Å². The summed E-state index contributed by atoms with van der Waals surface area (Å²) < 4.78 is 6.96. The molecule has 0 spiro atoms. The van der Waals surface area contributed by atoms with Crippen molar-refractivity contribution in [1.29, 1.82) is 0 Å². The second kappa shape index (κ2) is 5.05. The molecule has 0 bridgehead atoms. The van der Waals surface area contributed by atoms with Gasteiger partial charge < -0.3 is 9.84 Å². The molecule has 1 heterocycles. The summed E-state index contributed by atoms with van der Waals surface area (Å²) in [7, 11) is 1.72. The Kier molecular flexibility index (Phi) is 3.47. The summed E-state index contributed by atoms with van der Waals surface area (Å²) in [6.45, 7) is 0.122.